The number of hydrogen-bond donors (Lipinski definition) is 0. The van der Waals surface area contributed by atoms with Crippen molar-refractivity contribution >= 4 is 17.1 Å². The number of carbonyl (C=O) groups excluding carboxylic acids is 1. The first-order valence-corrected chi connectivity index (χ1v) is 4.67. The number of thiazole rings is 1. The Morgan fingerprint density at radius 3 is 3.00 bits per heavy atom. The minimum atomic E-state index is -0.0510. The summed E-state index contributed by atoms with van der Waals surface area (Å²) in [7, 11) is 0. The smallest absolute Gasteiger partial charge is 0.207 e. The third-order valence-corrected chi connectivity index (χ3v) is 1.85. The SMILES string of the molecule is CC(C)OCC(=O)c1cscn1. The Labute approximate surface area is 75.4 Å². The van der Waals surface area contributed by atoms with Crippen LogP contribution in [0.2, 0.25) is 0 Å². The first-order chi connectivity index (χ1) is 5.70. The lowest BCUT2D eigenvalue weighted by molar-refractivity contribution is 0.0581. The summed E-state index contributed by atoms with van der Waals surface area (Å²) in [5.74, 6) is -0.0510. The van der Waals surface area contributed by atoms with Crippen LogP contribution in [0.4, 0.5) is 0 Å². The van der Waals surface area contributed by atoms with E-state index in [1.54, 1.807) is 10.9 Å². The van der Waals surface area contributed by atoms with Gasteiger partial charge in [-0.1, -0.05) is 0 Å². The highest BCUT2D eigenvalue weighted by Crippen LogP contribution is 2.02. The number of ketones is 1. The summed E-state index contributed by atoms with van der Waals surface area (Å²) >= 11 is 1.41. The Morgan fingerprint density at radius 2 is 2.50 bits per heavy atom. The maximum Gasteiger partial charge on any atom is 0.207 e. The second kappa shape index (κ2) is 4.33. The summed E-state index contributed by atoms with van der Waals surface area (Å²) in [5, 5.41) is 1.73. The Hall–Kier alpha value is -0.740. The molecule has 0 amide bonds. The average molecular weight is 185 g/mol. The second-order valence-corrected chi connectivity index (χ2v) is 3.38. The third kappa shape index (κ3) is 2.71. The van der Waals surface area contributed by atoms with Crippen molar-refractivity contribution in [3.8, 4) is 0 Å². The van der Waals surface area contributed by atoms with Gasteiger partial charge in [0.15, 0.2) is 0 Å². The highest BCUT2D eigenvalue weighted by Gasteiger charge is 2.08. The number of carbonyl (C=O) groups is 1. The lowest BCUT2D eigenvalue weighted by Gasteiger charge is -2.04. The van der Waals surface area contributed by atoms with Crippen LogP contribution in [0.3, 0.4) is 0 Å². The highest BCUT2D eigenvalue weighted by atomic mass is 32.1. The first kappa shape index (κ1) is 9.35. The summed E-state index contributed by atoms with van der Waals surface area (Å²) in [5.41, 5.74) is 2.14. The van der Waals surface area contributed by atoms with Crippen molar-refractivity contribution in [2.24, 2.45) is 0 Å². The van der Waals surface area contributed by atoms with E-state index in [0.29, 0.717) is 5.69 Å². The van der Waals surface area contributed by atoms with Crippen LogP contribution >= 0.6 is 11.3 Å². The van der Waals surface area contributed by atoms with Gasteiger partial charge in [0, 0.05) is 5.38 Å². The van der Waals surface area contributed by atoms with Gasteiger partial charge < -0.3 is 4.74 Å². The molecule has 12 heavy (non-hydrogen) atoms. The van der Waals surface area contributed by atoms with E-state index in [1.165, 1.54) is 11.3 Å². The fraction of sp³-hybridized carbons (Fsp3) is 0.500. The van der Waals surface area contributed by atoms with Crippen molar-refractivity contribution in [2.45, 2.75) is 20.0 Å². The normalized spacial score (nSPS) is 10.6. The zero-order valence-corrected chi connectivity index (χ0v) is 7.93. The quantitative estimate of drug-likeness (QED) is 0.671. The van der Waals surface area contributed by atoms with E-state index in [4.69, 9.17) is 4.74 Å². The van der Waals surface area contributed by atoms with Crippen molar-refractivity contribution in [3.63, 3.8) is 0 Å². The standard InChI is InChI=1S/C8H11NO2S/c1-6(2)11-3-8(10)7-4-12-5-9-7/h4-6H,3H2,1-2H3. The molecule has 0 aliphatic carbocycles. The first-order valence-electron chi connectivity index (χ1n) is 3.73. The van der Waals surface area contributed by atoms with Crippen LogP contribution in [-0.4, -0.2) is 23.5 Å². The van der Waals surface area contributed by atoms with Crippen LogP contribution in [0.5, 0.6) is 0 Å². The van der Waals surface area contributed by atoms with E-state index in [0.717, 1.165) is 0 Å². The third-order valence-electron chi connectivity index (χ3n) is 1.27. The lowest BCUT2D eigenvalue weighted by atomic mass is 10.3. The van der Waals surface area contributed by atoms with E-state index in [9.17, 15) is 4.79 Å². The summed E-state index contributed by atoms with van der Waals surface area (Å²) in [6.07, 6.45) is 0.0904. The molecule has 0 bridgehead atoms. The summed E-state index contributed by atoms with van der Waals surface area (Å²) < 4.78 is 5.14. The molecule has 66 valence electrons. The van der Waals surface area contributed by atoms with E-state index in [1.807, 2.05) is 13.8 Å². The molecule has 0 aromatic carbocycles. The molecule has 0 aliphatic rings. The van der Waals surface area contributed by atoms with Crippen LogP contribution in [0.1, 0.15) is 24.3 Å². The maximum atomic E-state index is 11.2. The molecule has 1 heterocycles. The molecule has 0 N–H and O–H groups in total. The van der Waals surface area contributed by atoms with Crippen molar-refractivity contribution in [1.82, 2.24) is 4.98 Å². The molecule has 0 aliphatic heterocycles. The van der Waals surface area contributed by atoms with E-state index in [2.05, 4.69) is 4.98 Å². The molecule has 1 rings (SSSR count). The molecular formula is C8H11NO2S. The van der Waals surface area contributed by atoms with Gasteiger partial charge in [0.25, 0.3) is 0 Å². The Balaban J connectivity index is 2.40. The lowest BCUT2D eigenvalue weighted by Crippen LogP contribution is -2.13. The van der Waals surface area contributed by atoms with Crippen LogP contribution in [0.25, 0.3) is 0 Å². The number of hydrogen-bond acceptors (Lipinski definition) is 4. The van der Waals surface area contributed by atoms with Crippen molar-refractivity contribution < 1.29 is 9.53 Å². The van der Waals surface area contributed by atoms with Gasteiger partial charge >= 0.3 is 0 Å². The minimum Gasteiger partial charge on any atom is -0.371 e. The van der Waals surface area contributed by atoms with E-state index < -0.39 is 0 Å². The topological polar surface area (TPSA) is 39.2 Å². The zero-order valence-electron chi connectivity index (χ0n) is 7.11. The summed E-state index contributed by atoms with van der Waals surface area (Å²) in [4.78, 5) is 15.1. The molecular weight excluding hydrogens is 174 g/mol. The van der Waals surface area contributed by atoms with Gasteiger partial charge in [-0.25, -0.2) is 4.98 Å². The number of ether oxygens (including phenoxy) is 1. The van der Waals surface area contributed by atoms with Crippen LogP contribution in [0, 0.1) is 0 Å². The van der Waals surface area contributed by atoms with Crippen LogP contribution < -0.4 is 0 Å². The van der Waals surface area contributed by atoms with E-state index >= 15 is 0 Å². The predicted molar refractivity (Wildman–Crippen MR) is 47.5 cm³/mol. The minimum absolute atomic E-state index is 0.0510. The van der Waals surface area contributed by atoms with Gasteiger partial charge in [0.05, 0.1) is 11.6 Å². The number of Topliss-reactive ketones (excluding diaryl/α,β-unsaturated/α-hetero) is 1. The number of aromatic nitrogens is 1. The van der Waals surface area contributed by atoms with E-state index in [-0.39, 0.29) is 18.5 Å². The molecule has 0 radical (unpaired) electrons. The molecule has 4 heteroatoms. The van der Waals surface area contributed by atoms with Gasteiger partial charge in [-0.05, 0) is 13.8 Å². The van der Waals surface area contributed by atoms with Crippen molar-refractivity contribution in [3.05, 3.63) is 16.6 Å². The molecule has 0 atom stereocenters. The monoisotopic (exact) mass is 185 g/mol. The molecule has 0 saturated heterocycles. The molecule has 1 aromatic rings. The van der Waals surface area contributed by atoms with Crippen molar-refractivity contribution in [2.75, 3.05) is 6.61 Å². The average Bonchev–Trinajstić information content (AvgIpc) is 2.51. The largest absolute Gasteiger partial charge is 0.371 e. The van der Waals surface area contributed by atoms with Gasteiger partial charge in [-0.2, -0.15) is 0 Å². The number of rotatable bonds is 4. The molecule has 0 unspecified atom stereocenters. The molecule has 1 aromatic heterocycles. The predicted octanol–water partition coefficient (Wildman–Crippen LogP) is 1.75. The molecule has 0 saturated carbocycles. The van der Waals surface area contributed by atoms with Crippen LogP contribution in [0.15, 0.2) is 10.9 Å². The van der Waals surface area contributed by atoms with Gasteiger partial charge in [0.2, 0.25) is 5.78 Å². The molecule has 0 spiro atoms. The Bertz CT molecular complexity index is 244. The summed E-state index contributed by atoms with van der Waals surface area (Å²) in [6.45, 7) is 3.92. The van der Waals surface area contributed by atoms with Crippen LogP contribution in [-0.2, 0) is 4.74 Å². The highest BCUT2D eigenvalue weighted by molar-refractivity contribution is 7.07. The van der Waals surface area contributed by atoms with Gasteiger partial charge in [-0.15, -0.1) is 11.3 Å². The van der Waals surface area contributed by atoms with Gasteiger partial charge in [-0.3, -0.25) is 4.79 Å². The maximum absolute atomic E-state index is 11.2. The summed E-state index contributed by atoms with van der Waals surface area (Å²) in [6, 6.07) is 0. The molecule has 0 fully saturated rings. The Morgan fingerprint density at radius 1 is 1.75 bits per heavy atom. The second-order valence-electron chi connectivity index (χ2n) is 2.66. The zero-order chi connectivity index (χ0) is 8.97. The number of nitrogens with zero attached hydrogens (tertiary/aromatic N) is 1. The fourth-order valence-corrected chi connectivity index (χ4v) is 1.22. The molecule has 3 nitrogen and oxygen atoms in total. The van der Waals surface area contributed by atoms with Crippen molar-refractivity contribution in [1.29, 1.82) is 0 Å². The fourth-order valence-electron chi connectivity index (χ4n) is 0.667. The Kier molecular flexibility index (Phi) is 3.37. The van der Waals surface area contributed by atoms with Gasteiger partial charge in [0.1, 0.15) is 12.3 Å².